The molecule has 0 amide bonds. The number of esters is 4. The van der Waals surface area contributed by atoms with Crippen LogP contribution in [0.2, 0.25) is 0 Å². The first-order chi connectivity index (χ1) is 59.8. The molecule has 0 saturated heterocycles. The van der Waals surface area contributed by atoms with Gasteiger partial charge in [-0.2, -0.15) is 0 Å². The molecule has 0 atom stereocenters. The van der Waals surface area contributed by atoms with E-state index in [1.165, 1.54) is 22.3 Å². The third-order valence-electron chi connectivity index (χ3n) is 22.0. The number of nitrogens with zero attached hydrogens (tertiary/aromatic N) is 2. The van der Waals surface area contributed by atoms with E-state index in [9.17, 15) is 19.2 Å². The average Bonchev–Trinajstić information content (AvgIpc) is 1.57. The molecule has 0 unspecified atom stereocenters. The van der Waals surface area contributed by atoms with Crippen molar-refractivity contribution in [3.63, 3.8) is 0 Å². The van der Waals surface area contributed by atoms with Crippen LogP contribution in [0.15, 0.2) is 328 Å². The van der Waals surface area contributed by atoms with Gasteiger partial charge in [-0.05, 0) is 219 Å². The zero-order valence-corrected chi connectivity index (χ0v) is 68.0. The number of hydrogen-bond acceptors (Lipinski definition) is 16. The van der Waals surface area contributed by atoms with Gasteiger partial charge in [-0.1, -0.05) is 212 Å². The smallest absolute Gasteiger partial charge is 0.344 e. The molecule has 0 spiro atoms. The third-order valence-corrected chi connectivity index (χ3v) is 22.0. The van der Waals surface area contributed by atoms with Gasteiger partial charge in [-0.3, -0.25) is 9.98 Å². The number of fused-ring (bicyclic) bond motifs is 1. The van der Waals surface area contributed by atoms with E-state index < -0.39 is 34.7 Å². The molecule has 19 rings (SSSR count). The van der Waals surface area contributed by atoms with E-state index in [1.807, 2.05) is 127 Å². The van der Waals surface area contributed by atoms with Crippen molar-refractivity contribution in [2.24, 2.45) is 9.98 Å². The van der Waals surface area contributed by atoms with Crippen LogP contribution in [0.1, 0.15) is 70.2 Å². The number of carbonyl (C=O) groups is 4. The summed E-state index contributed by atoms with van der Waals surface area (Å²) < 4.78 is 58.0. The first-order valence-corrected chi connectivity index (χ1v) is 41.0. The second-order valence-corrected chi connectivity index (χ2v) is 30.4. The molecule has 0 N–H and O–H groups in total. The quantitative estimate of drug-likeness (QED) is 0.0179. The van der Waals surface area contributed by atoms with Gasteiger partial charge in [0.05, 0.1) is 37.8 Å². The normalized spacial score (nSPS) is 14.8. The van der Waals surface area contributed by atoms with E-state index in [0.29, 0.717) is 99.1 Å². The fourth-order valence-electron chi connectivity index (χ4n) is 15.6. The second kappa shape index (κ2) is 39.5. The van der Waals surface area contributed by atoms with E-state index in [0.717, 1.165) is 100 Å². The summed E-state index contributed by atoms with van der Waals surface area (Å²) in [5, 5.41) is 0. The Balaban J connectivity index is 0.839. The molecule has 16 nitrogen and oxygen atoms in total. The molecule has 0 radical (unpaired) electrons. The lowest BCUT2D eigenvalue weighted by molar-refractivity contribution is -0.146. The summed E-state index contributed by atoms with van der Waals surface area (Å²) in [6.45, 7) is 15.6. The number of carbonyl (C=O) groups excluding carboxylic acids is 4. The van der Waals surface area contributed by atoms with Gasteiger partial charge in [0.1, 0.15) is 47.7 Å². The summed E-state index contributed by atoms with van der Waals surface area (Å²) in [6, 6.07) is 90.5. The van der Waals surface area contributed by atoms with E-state index >= 15 is 0 Å². The monoisotopic (exact) mass is 1620 g/mol. The number of ether oxygens (including phenoxy) is 10. The molecular weight excluding hydrogens is 1530 g/mol. The van der Waals surface area contributed by atoms with E-state index in [1.54, 1.807) is 24.3 Å². The van der Waals surface area contributed by atoms with Crippen molar-refractivity contribution in [3.05, 3.63) is 362 Å². The molecular formula is C106H94N2O14. The Morgan fingerprint density at radius 3 is 0.844 bits per heavy atom. The SMILES string of the molecule is C=CCCOC(=O)COc1ccc(-c2ccc(C34C=Nc5c(-c6ccc(OCC(=O)OCCC=C)cc6)cccc5-c5ccc(cc5)OCc5cccc(c5)COc5ccc(cc5)-c5cccc(-c6ccc(OCC(=O)OCCC=C)cc6)c5N=CC5(c6ccc(-c7ccc(OCC(=O)OCCC=C)cc7)cc6)Cc6cc(c(cc6C5)C3)C4)cc2)cc1. The largest absolute Gasteiger partial charge is 0.489 e. The van der Waals surface area contributed by atoms with Crippen LogP contribution < -0.4 is 28.4 Å². The predicted octanol–water partition coefficient (Wildman–Crippen LogP) is 22.0. The molecule has 0 saturated carbocycles. The van der Waals surface area contributed by atoms with Gasteiger partial charge < -0.3 is 47.4 Å². The molecule has 16 heteroatoms. The highest BCUT2D eigenvalue weighted by atomic mass is 16.6. The average molecular weight is 1620 g/mol. The van der Waals surface area contributed by atoms with Crippen LogP contribution in [0.5, 0.6) is 34.5 Å². The highest BCUT2D eigenvalue weighted by Crippen LogP contribution is 2.49. The first-order valence-electron chi connectivity index (χ1n) is 41.0. The van der Waals surface area contributed by atoms with Crippen molar-refractivity contribution in [1.82, 2.24) is 0 Å². The Hall–Kier alpha value is -14.4. The highest BCUT2D eigenvalue weighted by molar-refractivity contribution is 5.95. The van der Waals surface area contributed by atoms with Crippen molar-refractivity contribution in [3.8, 4) is 101 Å². The Morgan fingerprint density at radius 2 is 0.566 bits per heavy atom. The number of rotatable bonds is 30. The van der Waals surface area contributed by atoms with E-state index in [2.05, 4.69) is 178 Å². The molecule has 2 aliphatic carbocycles. The molecule has 12 aromatic carbocycles. The van der Waals surface area contributed by atoms with Crippen LogP contribution in [0.4, 0.5) is 11.4 Å². The molecule has 7 aliphatic rings. The van der Waals surface area contributed by atoms with Crippen LogP contribution in [-0.4, -0.2) is 89.2 Å². The topological polar surface area (TPSA) is 185 Å². The van der Waals surface area contributed by atoms with Gasteiger partial charge in [0.25, 0.3) is 0 Å². The summed E-state index contributed by atoms with van der Waals surface area (Å²) in [6.07, 6.45) is 15.9. The van der Waals surface area contributed by atoms with Gasteiger partial charge in [0.2, 0.25) is 0 Å². The molecule has 12 bridgehead atoms. The second-order valence-electron chi connectivity index (χ2n) is 30.4. The highest BCUT2D eigenvalue weighted by Gasteiger charge is 2.43. The lowest BCUT2D eigenvalue weighted by Crippen LogP contribution is -2.29. The Labute approximate surface area is 711 Å². The van der Waals surface area contributed by atoms with Gasteiger partial charge >= 0.3 is 23.9 Å². The number of benzene rings is 12. The minimum absolute atomic E-state index is 0.211. The molecule has 0 aromatic heterocycles. The summed E-state index contributed by atoms with van der Waals surface area (Å²) in [4.78, 5) is 61.9. The van der Waals surface area contributed by atoms with E-state index in [-0.39, 0.29) is 52.9 Å². The number of hydrogen-bond donors (Lipinski definition) is 0. The summed E-state index contributed by atoms with van der Waals surface area (Å²) in [5.41, 5.74) is 20.3. The van der Waals surface area contributed by atoms with Gasteiger partial charge in [-0.25, -0.2) is 19.2 Å². The first kappa shape index (κ1) is 82.7. The molecule has 612 valence electrons. The lowest BCUT2D eigenvalue weighted by Gasteiger charge is -2.27. The molecule has 12 aromatic rings. The maximum atomic E-state index is 12.7. The van der Waals surface area contributed by atoms with Gasteiger partial charge in [-0.15, -0.1) is 26.3 Å². The number of aliphatic imine (C=N–C) groups is 2. The van der Waals surface area contributed by atoms with Gasteiger partial charge in [0, 0.05) is 45.5 Å². The standard InChI is InChI=1S/C106H94N2O14/c1-5-9-54-113-99(109)67-119-91-42-26-77(27-43-91)75-22-38-87(39-23-75)105-61-83-59-85-63-106(64-86(85)60-84(83)62-105,88-40-24-76(25-41-88)78-28-44-92(45-29-78)120-68-100(110)114-55-10-6-2)72-108-104-96(19-15-21-98(104)82-36-52-94(53-37-82)122-70-102(112)116-57-12-8-4)80-32-48-90(49-33-80)118-66-74-17-13-16-73(58-74)65-117-89-46-30-79(31-47-89)95-18-14-20-97(103(95)107-71-105)81-34-50-93(51-35-81)121-69-101(111)115-56-11-7-3/h5-8,13-53,58-60,71-72H,1-4,9-12,54-57,61-70H2. The van der Waals surface area contributed by atoms with Gasteiger partial charge in [0.15, 0.2) is 26.4 Å². The third kappa shape index (κ3) is 20.5. The summed E-state index contributed by atoms with van der Waals surface area (Å²) in [5.74, 6) is 1.69. The fraction of sp³-hybridized carbons (Fsp3) is 0.189. The maximum Gasteiger partial charge on any atom is 0.344 e. The van der Waals surface area contributed by atoms with Crippen molar-refractivity contribution in [2.45, 2.75) is 75.4 Å². The molecule has 122 heavy (non-hydrogen) atoms. The molecule has 5 heterocycles. The van der Waals surface area contributed by atoms with Crippen LogP contribution >= 0.6 is 0 Å². The minimum atomic E-state index is -0.673. The summed E-state index contributed by atoms with van der Waals surface area (Å²) >= 11 is 0. The van der Waals surface area contributed by atoms with Crippen molar-refractivity contribution in [2.75, 3.05) is 52.9 Å². The van der Waals surface area contributed by atoms with Crippen LogP contribution in [0.3, 0.4) is 0 Å². The Kier molecular flexibility index (Phi) is 26.8. The maximum absolute atomic E-state index is 12.7. The Bertz CT molecular complexity index is 5410. The van der Waals surface area contributed by atoms with Crippen LogP contribution in [0, 0.1) is 0 Å². The molecule has 0 fully saturated rings. The zero-order valence-electron chi connectivity index (χ0n) is 68.0. The van der Waals surface area contributed by atoms with Crippen molar-refractivity contribution >= 4 is 47.7 Å². The Morgan fingerprint density at radius 1 is 0.311 bits per heavy atom. The summed E-state index contributed by atoms with van der Waals surface area (Å²) in [7, 11) is 0. The van der Waals surface area contributed by atoms with Crippen LogP contribution in [-0.2, 0) is 87.9 Å². The van der Waals surface area contributed by atoms with Crippen LogP contribution in [0.25, 0.3) is 66.8 Å². The minimum Gasteiger partial charge on any atom is -0.489 e. The number of para-hydroxylation sites is 2. The zero-order chi connectivity index (χ0) is 84.0. The van der Waals surface area contributed by atoms with E-state index in [4.69, 9.17) is 57.4 Å². The van der Waals surface area contributed by atoms with Crippen molar-refractivity contribution < 1.29 is 66.5 Å². The fourth-order valence-corrected chi connectivity index (χ4v) is 15.6. The predicted molar refractivity (Wildman–Crippen MR) is 479 cm³/mol. The molecule has 5 aliphatic heterocycles. The lowest BCUT2D eigenvalue weighted by atomic mass is 9.77. The van der Waals surface area contributed by atoms with Crippen molar-refractivity contribution in [1.29, 1.82) is 0 Å².